The minimum atomic E-state index is -0.964. The third-order valence-corrected chi connectivity index (χ3v) is 5.65. The SMILES string of the molecule is CCCCCc1cc(F)c(-c2ccc(-c3ccc4c(F)c(F)ccc4c3)c(F)c2)c(F)c1. The molecule has 0 saturated carbocycles. The van der Waals surface area contributed by atoms with Crippen molar-refractivity contribution in [2.45, 2.75) is 32.6 Å². The molecule has 4 rings (SSSR count). The van der Waals surface area contributed by atoms with Crippen LogP contribution in [0, 0.1) is 29.1 Å². The van der Waals surface area contributed by atoms with E-state index in [-0.39, 0.29) is 22.1 Å². The van der Waals surface area contributed by atoms with Crippen molar-refractivity contribution < 1.29 is 22.0 Å². The van der Waals surface area contributed by atoms with E-state index in [9.17, 15) is 22.0 Å². The first kappa shape index (κ1) is 22.0. The lowest BCUT2D eigenvalue weighted by Gasteiger charge is -2.11. The summed E-state index contributed by atoms with van der Waals surface area (Å²) >= 11 is 0. The highest BCUT2D eigenvalue weighted by molar-refractivity contribution is 5.88. The molecule has 5 heteroatoms. The van der Waals surface area contributed by atoms with E-state index >= 15 is 0 Å². The van der Waals surface area contributed by atoms with Gasteiger partial charge in [-0.3, -0.25) is 0 Å². The molecule has 32 heavy (non-hydrogen) atoms. The Hall–Kier alpha value is -3.21. The Morgan fingerprint density at radius 2 is 1.34 bits per heavy atom. The van der Waals surface area contributed by atoms with Crippen molar-refractivity contribution in [3.63, 3.8) is 0 Å². The van der Waals surface area contributed by atoms with Gasteiger partial charge in [0, 0.05) is 10.9 Å². The van der Waals surface area contributed by atoms with Crippen LogP contribution in [-0.2, 0) is 6.42 Å². The molecule has 0 aliphatic carbocycles. The molecule has 0 spiro atoms. The van der Waals surface area contributed by atoms with Crippen LogP contribution in [0.4, 0.5) is 22.0 Å². The molecule has 0 unspecified atom stereocenters. The van der Waals surface area contributed by atoms with Crippen LogP contribution >= 0.6 is 0 Å². The Bertz CT molecular complexity index is 1270. The molecule has 164 valence electrons. The van der Waals surface area contributed by atoms with E-state index in [4.69, 9.17) is 0 Å². The van der Waals surface area contributed by atoms with Crippen molar-refractivity contribution in [1.82, 2.24) is 0 Å². The topological polar surface area (TPSA) is 0 Å². The van der Waals surface area contributed by atoms with Crippen molar-refractivity contribution in [1.29, 1.82) is 0 Å². The first-order valence-corrected chi connectivity index (χ1v) is 10.5. The summed E-state index contributed by atoms with van der Waals surface area (Å²) in [7, 11) is 0. The summed E-state index contributed by atoms with van der Waals surface area (Å²) in [6.45, 7) is 2.05. The molecule has 0 heterocycles. The van der Waals surface area contributed by atoms with Crippen molar-refractivity contribution in [2.75, 3.05) is 0 Å². The van der Waals surface area contributed by atoms with E-state index in [1.54, 1.807) is 6.07 Å². The lowest BCUT2D eigenvalue weighted by molar-refractivity contribution is 0.517. The molecular weight excluding hydrogens is 419 g/mol. The van der Waals surface area contributed by atoms with Gasteiger partial charge in [-0.1, -0.05) is 50.1 Å². The number of hydrogen-bond acceptors (Lipinski definition) is 0. The van der Waals surface area contributed by atoms with Gasteiger partial charge in [0.2, 0.25) is 0 Å². The minimum absolute atomic E-state index is 0.0916. The normalized spacial score (nSPS) is 11.3. The zero-order valence-electron chi connectivity index (χ0n) is 17.5. The van der Waals surface area contributed by atoms with Crippen LogP contribution in [0.15, 0.2) is 60.7 Å². The molecule has 0 fully saturated rings. The quantitative estimate of drug-likeness (QED) is 0.208. The molecule has 0 aliphatic heterocycles. The molecule has 0 saturated heterocycles. The first-order valence-electron chi connectivity index (χ1n) is 10.5. The maximum Gasteiger partial charge on any atom is 0.166 e. The second-order valence-electron chi connectivity index (χ2n) is 7.88. The fourth-order valence-electron chi connectivity index (χ4n) is 3.96. The summed E-state index contributed by atoms with van der Waals surface area (Å²) in [5, 5.41) is 0.509. The van der Waals surface area contributed by atoms with Gasteiger partial charge in [-0.2, -0.15) is 0 Å². The Morgan fingerprint density at radius 1 is 0.625 bits per heavy atom. The molecule has 4 aromatic rings. The van der Waals surface area contributed by atoms with Gasteiger partial charge in [0.15, 0.2) is 11.6 Å². The Kier molecular flexibility index (Phi) is 6.26. The summed E-state index contributed by atoms with van der Waals surface area (Å²) in [5.41, 5.74) is 1.03. The van der Waals surface area contributed by atoms with Crippen molar-refractivity contribution in [3.05, 3.63) is 95.3 Å². The van der Waals surface area contributed by atoms with E-state index in [1.165, 1.54) is 42.5 Å². The van der Waals surface area contributed by atoms with Gasteiger partial charge < -0.3 is 0 Å². The van der Waals surface area contributed by atoms with Gasteiger partial charge in [0.1, 0.15) is 17.5 Å². The first-order chi connectivity index (χ1) is 15.4. The number of unbranched alkanes of at least 4 members (excludes halogenated alkanes) is 2. The average Bonchev–Trinajstić information content (AvgIpc) is 2.76. The molecule has 0 amide bonds. The molecule has 0 bridgehead atoms. The van der Waals surface area contributed by atoms with E-state index in [0.29, 0.717) is 22.9 Å². The summed E-state index contributed by atoms with van der Waals surface area (Å²) < 4.78 is 71.6. The number of aryl methyl sites for hydroxylation is 1. The average molecular weight is 440 g/mol. The summed E-state index contributed by atoms with van der Waals surface area (Å²) in [6, 6.07) is 13.4. The molecule has 0 radical (unpaired) electrons. The predicted octanol–water partition coefficient (Wildman–Crippen LogP) is 8.60. The van der Waals surface area contributed by atoms with Crippen LogP contribution in [0.3, 0.4) is 0 Å². The molecule has 0 atom stereocenters. The van der Waals surface area contributed by atoms with Crippen molar-refractivity contribution in [2.24, 2.45) is 0 Å². The number of benzene rings is 4. The largest absolute Gasteiger partial charge is 0.206 e. The standard InChI is InChI=1S/C27H21F5/c1-2-3-4-5-16-12-24(30)26(25(31)13-16)19-7-9-20(23(29)15-19)17-6-10-21-18(14-17)8-11-22(28)27(21)32/h6-15H,2-5H2,1H3. The Balaban J connectivity index is 1.68. The van der Waals surface area contributed by atoms with E-state index in [1.807, 2.05) is 0 Å². The number of rotatable bonds is 6. The van der Waals surface area contributed by atoms with Crippen LogP contribution in [0.25, 0.3) is 33.0 Å². The smallest absolute Gasteiger partial charge is 0.166 e. The number of fused-ring (bicyclic) bond motifs is 1. The lowest BCUT2D eigenvalue weighted by atomic mass is 9.96. The number of halogens is 5. The highest BCUT2D eigenvalue weighted by atomic mass is 19.2. The Labute approximate surface area is 183 Å². The highest BCUT2D eigenvalue weighted by Gasteiger charge is 2.16. The monoisotopic (exact) mass is 440 g/mol. The summed E-state index contributed by atoms with van der Waals surface area (Å²) in [4.78, 5) is 0. The van der Waals surface area contributed by atoms with Crippen LogP contribution in [-0.4, -0.2) is 0 Å². The third kappa shape index (κ3) is 4.24. The predicted molar refractivity (Wildman–Crippen MR) is 118 cm³/mol. The van der Waals surface area contributed by atoms with E-state index in [2.05, 4.69) is 6.92 Å². The van der Waals surface area contributed by atoms with Crippen LogP contribution in [0.2, 0.25) is 0 Å². The second kappa shape index (κ2) is 9.11. The van der Waals surface area contributed by atoms with Gasteiger partial charge in [0.05, 0.1) is 5.56 Å². The highest BCUT2D eigenvalue weighted by Crippen LogP contribution is 2.33. The maximum absolute atomic E-state index is 14.9. The molecule has 0 N–H and O–H groups in total. The number of hydrogen-bond donors (Lipinski definition) is 0. The van der Waals surface area contributed by atoms with Crippen LogP contribution in [0.5, 0.6) is 0 Å². The minimum Gasteiger partial charge on any atom is -0.206 e. The molecule has 4 aromatic carbocycles. The summed E-state index contributed by atoms with van der Waals surface area (Å²) in [6.07, 6.45) is 3.42. The zero-order chi connectivity index (χ0) is 22.8. The van der Waals surface area contributed by atoms with Gasteiger partial charge >= 0.3 is 0 Å². The molecule has 0 aliphatic rings. The third-order valence-electron chi connectivity index (χ3n) is 5.65. The van der Waals surface area contributed by atoms with Crippen molar-refractivity contribution in [3.8, 4) is 22.3 Å². The summed E-state index contributed by atoms with van der Waals surface area (Å²) in [5.74, 6) is -4.05. The van der Waals surface area contributed by atoms with Crippen LogP contribution < -0.4 is 0 Å². The lowest BCUT2D eigenvalue weighted by Crippen LogP contribution is -1.96. The molecular formula is C27H21F5. The van der Waals surface area contributed by atoms with Gasteiger partial charge in [-0.15, -0.1) is 0 Å². The van der Waals surface area contributed by atoms with Gasteiger partial charge in [0.25, 0.3) is 0 Å². The second-order valence-corrected chi connectivity index (χ2v) is 7.88. The molecule has 0 nitrogen and oxygen atoms in total. The fraction of sp³-hybridized carbons (Fsp3) is 0.185. The maximum atomic E-state index is 14.9. The molecule has 0 aromatic heterocycles. The van der Waals surface area contributed by atoms with Gasteiger partial charge in [-0.25, -0.2) is 22.0 Å². The van der Waals surface area contributed by atoms with E-state index < -0.39 is 29.1 Å². The fourth-order valence-corrected chi connectivity index (χ4v) is 3.96. The van der Waals surface area contributed by atoms with Gasteiger partial charge in [-0.05, 0) is 65.3 Å². The zero-order valence-corrected chi connectivity index (χ0v) is 17.5. The Morgan fingerprint density at radius 3 is 2.03 bits per heavy atom. The van der Waals surface area contributed by atoms with Crippen molar-refractivity contribution >= 4 is 10.8 Å². The van der Waals surface area contributed by atoms with Crippen LogP contribution in [0.1, 0.15) is 31.7 Å². The van der Waals surface area contributed by atoms with E-state index in [0.717, 1.165) is 31.4 Å².